The van der Waals surface area contributed by atoms with Crippen LogP contribution in [0.25, 0.3) is 0 Å². The van der Waals surface area contributed by atoms with Gasteiger partial charge in [0, 0.05) is 0 Å². The summed E-state index contributed by atoms with van der Waals surface area (Å²) in [5.74, 6) is 2.72. The molecule has 3 N–H and O–H groups in total. The van der Waals surface area contributed by atoms with Crippen molar-refractivity contribution in [2.75, 3.05) is 0 Å². The fourth-order valence-electron chi connectivity index (χ4n) is 2.23. The Morgan fingerprint density at radius 1 is 0.484 bits per heavy atom. The molecule has 3 aromatic rings. The van der Waals surface area contributed by atoms with E-state index in [1.54, 1.807) is 72.8 Å². The van der Waals surface area contributed by atoms with Gasteiger partial charge in [0.2, 0.25) is 0 Å². The van der Waals surface area contributed by atoms with Crippen LogP contribution in [-0.4, -0.2) is 15.3 Å². The van der Waals surface area contributed by atoms with Crippen LogP contribution in [0.2, 0.25) is 0 Å². The molecule has 0 aliphatic rings. The lowest BCUT2D eigenvalue weighted by Crippen LogP contribution is -1.93. The van der Waals surface area contributed by atoms with Crippen LogP contribution in [0.15, 0.2) is 91.0 Å². The molecule has 0 fully saturated rings. The standard InChI is InChI=1S/C7H16.3C6H6O.C3H8/c1-6(2)5-7(3)4;3*7-6-4-2-1-3-5-6;1-3-2/h6-7H,5H2,1-4H3;3*1-5,7H;3H2,1-2H3. The molecule has 0 aliphatic heterocycles. The van der Waals surface area contributed by atoms with Gasteiger partial charge in [-0.25, -0.2) is 0 Å². The zero-order valence-electron chi connectivity index (χ0n) is 20.1. The minimum atomic E-state index is 0.322. The van der Waals surface area contributed by atoms with Crippen molar-refractivity contribution < 1.29 is 15.3 Å². The van der Waals surface area contributed by atoms with Gasteiger partial charge in [0.25, 0.3) is 0 Å². The van der Waals surface area contributed by atoms with E-state index in [1.165, 1.54) is 12.8 Å². The summed E-state index contributed by atoms with van der Waals surface area (Å²) < 4.78 is 0. The summed E-state index contributed by atoms with van der Waals surface area (Å²) in [6, 6.07) is 26.1. The molecule has 3 aromatic carbocycles. The highest BCUT2D eigenvalue weighted by Crippen LogP contribution is 2.08. The lowest BCUT2D eigenvalue weighted by molar-refractivity contribution is 0.469. The van der Waals surface area contributed by atoms with Crippen LogP contribution in [0.3, 0.4) is 0 Å². The molecule has 3 heteroatoms. The number of para-hydroxylation sites is 3. The summed E-state index contributed by atoms with van der Waals surface area (Å²) in [4.78, 5) is 0. The summed E-state index contributed by atoms with van der Waals surface area (Å²) >= 11 is 0. The maximum atomic E-state index is 8.63. The van der Waals surface area contributed by atoms with E-state index in [0.717, 1.165) is 11.8 Å². The molecule has 0 saturated carbocycles. The van der Waals surface area contributed by atoms with Crippen molar-refractivity contribution in [3.8, 4) is 17.2 Å². The van der Waals surface area contributed by atoms with Gasteiger partial charge in [0.05, 0.1) is 0 Å². The summed E-state index contributed by atoms with van der Waals surface area (Å²) in [6.07, 6.45) is 2.61. The number of rotatable bonds is 2. The first-order valence-corrected chi connectivity index (χ1v) is 10.9. The Labute approximate surface area is 190 Å². The van der Waals surface area contributed by atoms with Crippen molar-refractivity contribution in [1.29, 1.82) is 0 Å². The summed E-state index contributed by atoms with van der Waals surface area (Å²) in [5, 5.41) is 25.9. The molecule has 0 radical (unpaired) electrons. The lowest BCUT2D eigenvalue weighted by Gasteiger charge is -2.05. The van der Waals surface area contributed by atoms with Gasteiger partial charge in [-0.15, -0.1) is 0 Å². The van der Waals surface area contributed by atoms with Gasteiger partial charge >= 0.3 is 0 Å². The molecule has 0 saturated heterocycles. The van der Waals surface area contributed by atoms with Crippen LogP contribution in [-0.2, 0) is 0 Å². The molecule has 0 aliphatic carbocycles. The Morgan fingerprint density at radius 3 is 0.742 bits per heavy atom. The van der Waals surface area contributed by atoms with Crippen LogP contribution in [0, 0.1) is 11.8 Å². The molecule has 0 amide bonds. The van der Waals surface area contributed by atoms with E-state index in [2.05, 4.69) is 41.5 Å². The van der Waals surface area contributed by atoms with Gasteiger partial charge in [-0.2, -0.15) is 0 Å². The molecule has 0 heterocycles. The van der Waals surface area contributed by atoms with E-state index in [0.29, 0.717) is 17.2 Å². The normalized spacial score (nSPS) is 8.90. The zero-order chi connectivity index (χ0) is 23.9. The summed E-state index contributed by atoms with van der Waals surface area (Å²) in [7, 11) is 0. The van der Waals surface area contributed by atoms with Crippen molar-refractivity contribution in [2.24, 2.45) is 11.8 Å². The Kier molecular flexibility index (Phi) is 21.2. The van der Waals surface area contributed by atoms with Crippen molar-refractivity contribution in [1.82, 2.24) is 0 Å². The monoisotopic (exact) mass is 426 g/mol. The van der Waals surface area contributed by atoms with E-state index in [4.69, 9.17) is 15.3 Å². The van der Waals surface area contributed by atoms with Gasteiger partial charge in [-0.05, 0) is 54.7 Å². The maximum Gasteiger partial charge on any atom is 0.115 e. The molecule has 0 unspecified atom stereocenters. The van der Waals surface area contributed by atoms with E-state index in [9.17, 15) is 0 Å². The minimum absolute atomic E-state index is 0.322. The quantitative estimate of drug-likeness (QED) is 0.386. The van der Waals surface area contributed by atoms with Gasteiger partial charge in [-0.3, -0.25) is 0 Å². The molecular formula is C28H42O3. The van der Waals surface area contributed by atoms with Crippen LogP contribution >= 0.6 is 0 Å². The summed E-state index contributed by atoms with van der Waals surface area (Å²) in [5.41, 5.74) is 0. The third-order valence-electron chi connectivity index (χ3n) is 3.21. The van der Waals surface area contributed by atoms with Gasteiger partial charge < -0.3 is 15.3 Å². The van der Waals surface area contributed by atoms with Crippen LogP contribution in [0.5, 0.6) is 17.2 Å². The van der Waals surface area contributed by atoms with Crippen LogP contribution in [0.4, 0.5) is 0 Å². The summed E-state index contributed by atoms with van der Waals surface area (Å²) in [6.45, 7) is 13.3. The van der Waals surface area contributed by atoms with Crippen molar-refractivity contribution in [2.45, 2.75) is 54.4 Å². The van der Waals surface area contributed by atoms with Crippen LogP contribution < -0.4 is 0 Å². The van der Waals surface area contributed by atoms with E-state index < -0.39 is 0 Å². The Balaban J connectivity index is 0. The van der Waals surface area contributed by atoms with E-state index in [-0.39, 0.29) is 0 Å². The first-order chi connectivity index (χ1) is 14.7. The fraction of sp³-hybridized carbons (Fsp3) is 0.357. The number of hydrogen-bond acceptors (Lipinski definition) is 3. The molecule has 31 heavy (non-hydrogen) atoms. The van der Waals surface area contributed by atoms with Crippen molar-refractivity contribution >= 4 is 0 Å². The molecule has 0 aromatic heterocycles. The minimum Gasteiger partial charge on any atom is -0.508 e. The van der Waals surface area contributed by atoms with Crippen LogP contribution in [0.1, 0.15) is 54.4 Å². The molecule has 172 valence electrons. The number of aromatic hydroxyl groups is 3. The third kappa shape index (κ3) is 27.1. The molecule has 0 spiro atoms. The van der Waals surface area contributed by atoms with Crippen molar-refractivity contribution in [3.05, 3.63) is 91.0 Å². The smallest absolute Gasteiger partial charge is 0.115 e. The zero-order valence-corrected chi connectivity index (χ0v) is 20.1. The molecule has 0 atom stereocenters. The fourth-order valence-corrected chi connectivity index (χ4v) is 2.23. The van der Waals surface area contributed by atoms with Gasteiger partial charge in [0.15, 0.2) is 0 Å². The first-order valence-electron chi connectivity index (χ1n) is 10.9. The number of hydrogen-bond donors (Lipinski definition) is 3. The molecule has 0 bridgehead atoms. The van der Waals surface area contributed by atoms with Gasteiger partial charge in [-0.1, -0.05) is 103 Å². The highest BCUT2D eigenvalue weighted by Gasteiger charge is 1.95. The maximum absolute atomic E-state index is 8.63. The predicted octanol–water partition coefficient (Wildman–Crippen LogP) is 8.28. The second kappa shape index (κ2) is 21.8. The van der Waals surface area contributed by atoms with E-state index >= 15 is 0 Å². The average Bonchev–Trinajstić information content (AvgIpc) is 2.71. The Morgan fingerprint density at radius 2 is 0.677 bits per heavy atom. The molecule has 3 rings (SSSR count). The Bertz CT molecular complexity index is 601. The highest BCUT2D eigenvalue weighted by molar-refractivity contribution is 5.19. The topological polar surface area (TPSA) is 60.7 Å². The average molecular weight is 427 g/mol. The molecular weight excluding hydrogens is 384 g/mol. The van der Waals surface area contributed by atoms with E-state index in [1.807, 2.05) is 18.2 Å². The first kappa shape index (κ1) is 30.3. The second-order valence-electron chi connectivity index (χ2n) is 7.74. The molecule has 3 nitrogen and oxygen atoms in total. The lowest BCUT2D eigenvalue weighted by atomic mass is 10.0. The largest absolute Gasteiger partial charge is 0.508 e. The third-order valence-corrected chi connectivity index (χ3v) is 3.21. The van der Waals surface area contributed by atoms with Crippen molar-refractivity contribution in [3.63, 3.8) is 0 Å². The second-order valence-corrected chi connectivity index (χ2v) is 7.74. The van der Waals surface area contributed by atoms with Gasteiger partial charge in [0.1, 0.15) is 17.2 Å². The number of benzene rings is 3. The Hall–Kier alpha value is -2.94. The number of phenols is 3. The SMILES string of the molecule is CC(C)CC(C)C.CCC.Oc1ccccc1.Oc1ccccc1.Oc1ccccc1. The predicted molar refractivity (Wildman–Crippen MR) is 135 cm³/mol. The number of phenolic OH excluding ortho intramolecular Hbond substituents is 3. The highest BCUT2D eigenvalue weighted by atomic mass is 16.3.